The highest BCUT2D eigenvalue weighted by Crippen LogP contribution is 2.38. The lowest BCUT2D eigenvalue weighted by atomic mass is 9.73. The Morgan fingerprint density at radius 2 is 2.08 bits per heavy atom. The summed E-state index contributed by atoms with van der Waals surface area (Å²) in [6.07, 6.45) is 5.44. The third-order valence-corrected chi connectivity index (χ3v) is 5.97. The molecule has 0 unspecified atom stereocenters. The molecule has 2 aliphatic heterocycles. The van der Waals surface area contributed by atoms with E-state index in [1.54, 1.807) is 6.92 Å². The maximum Gasteiger partial charge on any atom is 0.326 e. The fraction of sp³-hybridized carbons (Fsp3) is 0.833. The van der Waals surface area contributed by atoms with E-state index in [2.05, 4.69) is 12.2 Å². The van der Waals surface area contributed by atoms with Crippen LogP contribution in [0, 0.1) is 11.8 Å². The fourth-order valence-corrected chi connectivity index (χ4v) is 4.46. The molecular formula is C18H29N3O4. The van der Waals surface area contributed by atoms with Crippen molar-refractivity contribution in [1.29, 1.82) is 0 Å². The number of likely N-dealkylation sites (tertiary alicyclic amines) is 1. The number of imide groups is 1. The van der Waals surface area contributed by atoms with Crippen LogP contribution in [0.25, 0.3) is 0 Å². The van der Waals surface area contributed by atoms with E-state index >= 15 is 0 Å². The Kier molecular flexibility index (Phi) is 5.32. The van der Waals surface area contributed by atoms with Crippen molar-refractivity contribution in [2.75, 3.05) is 26.4 Å². The van der Waals surface area contributed by atoms with Gasteiger partial charge >= 0.3 is 12.0 Å². The fourth-order valence-electron chi connectivity index (χ4n) is 4.46. The quantitative estimate of drug-likeness (QED) is 0.616. The Labute approximate surface area is 149 Å². The van der Waals surface area contributed by atoms with Crippen LogP contribution in [0.4, 0.5) is 4.79 Å². The van der Waals surface area contributed by atoms with Crippen LogP contribution >= 0.6 is 0 Å². The van der Waals surface area contributed by atoms with Gasteiger partial charge in [-0.3, -0.25) is 14.5 Å². The first kappa shape index (κ1) is 18.2. The molecular weight excluding hydrogens is 322 g/mol. The number of ether oxygens (including phenoxy) is 1. The van der Waals surface area contributed by atoms with E-state index in [-0.39, 0.29) is 36.4 Å². The molecule has 2 saturated heterocycles. The standard InChI is InChI=1S/C18H29N3O4/c1-3-25-15(22)14-8-6-10-20(11-14)12-21-16(23)18(19-17(21)24)9-5-4-7-13(18)2/h13-14H,3-12H2,1-2H3,(H,19,24)/t13-,14+,18+/m0/s1. The summed E-state index contributed by atoms with van der Waals surface area (Å²) in [5.74, 6) is -0.280. The topological polar surface area (TPSA) is 79.0 Å². The second-order valence-electron chi connectivity index (χ2n) is 7.59. The van der Waals surface area contributed by atoms with Gasteiger partial charge in [0.15, 0.2) is 0 Å². The minimum atomic E-state index is -0.717. The molecule has 7 heteroatoms. The summed E-state index contributed by atoms with van der Waals surface area (Å²) in [6, 6.07) is -0.294. The predicted octanol–water partition coefficient (Wildman–Crippen LogP) is 1.72. The van der Waals surface area contributed by atoms with Gasteiger partial charge < -0.3 is 10.1 Å². The normalized spacial score (nSPS) is 33.6. The SMILES string of the molecule is CCOC(=O)[C@@H]1CCCN(CN2C(=O)N[C@@]3(CCCC[C@@H]3C)C2=O)C1. The van der Waals surface area contributed by atoms with Crippen LogP contribution in [-0.2, 0) is 14.3 Å². The lowest BCUT2D eigenvalue weighted by molar-refractivity contribution is -0.150. The van der Waals surface area contributed by atoms with Gasteiger partial charge in [0.05, 0.1) is 19.2 Å². The zero-order valence-corrected chi connectivity index (χ0v) is 15.3. The molecule has 7 nitrogen and oxygen atoms in total. The van der Waals surface area contributed by atoms with Crippen LogP contribution < -0.4 is 5.32 Å². The number of nitrogens with zero attached hydrogens (tertiary/aromatic N) is 2. The summed E-state index contributed by atoms with van der Waals surface area (Å²) >= 11 is 0. The van der Waals surface area contributed by atoms with Crippen LogP contribution in [0.5, 0.6) is 0 Å². The summed E-state index contributed by atoms with van der Waals surface area (Å²) in [4.78, 5) is 40.8. The molecule has 1 aliphatic carbocycles. The van der Waals surface area contributed by atoms with Crippen molar-refractivity contribution in [3.8, 4) is 0 Å². The van der Waals surface area contributed by atoms with E-state index in [4.69, 9.17) is 4.74 Å². The molecule has 0 aromatic rings. The molecule has 0 radical (unpaired) electrons. The zero-order chi connectivity index (χ0) is 18.0. The Morgan fingerprint density at radius 1 is 1.28 bits per heavy atom. The predicted molar refractivity (Wildman–Crippen MR) is 91.5 cm³/mol. The van der Waals surface area contributed by atoms with Crippen LogP contribution in [0.2, 0.25) is 0 Å². The van der Waals surface area contributed by atoms with E-state index < -0.39 is 5.54 Å². The Bertz CT molecular complexity index is 552. The van der Waals surface area contributed by atoms with Crippen LogP contribution in [-0.4, -0.2) is 59.6 Å². The largest absolute Gasteiger partial charge is 0.466 e. The average Bonchev–Trinajstić information content (AvgIpc) is 2.83. The van der Waals surface area contributed by atoms with Crippen molar-refractivity contribution < 1.29 is 19.1 Å². The van der Waals surface area contributed by atoms with Gasteiger partial charge in [0.25, 0.3) is 5.91 Å². The minimum Gasteiger partial charge on any atom is -0.466 e. The minimum absolute atomic E-state index is 0.0945. The molecule has 2 heterocycles. The molecule has 3 fully saturated rings. The van der Waals surface area contributed by atoms with E-state index in [9.17, 15) is 14.4 Å². The van der Waals surface area contributed by atoms with Crippen molar-refractivity contribution in [3.63, 3.8) is 0 Å². The summed E-state index contributed by atoms with van der Waals surface area (Å²) < 4.78 is 5.12. The van der Waals surface area contributed by atoms with Crippen molar-refractivity contribution in [3.05, 3.63) is 0 Å². The molecule has 0 bridgehead atoms. The van der Waals surface area contributed by atoms with Gasteiger partial charge in [-0.05, 0) is 45.1 Å². The van der Waals surface area contributed by atoms with Crippen LogP contribution in [0.1, 0.15) is 52.4 Å². The van der Waals surface area contributed by atoms with Gasteiger partial charge in [-0.1, -0.05) is 19.8 Å². The molecule has 0 aromatic carbocycles. The lowest BCUT2D eigenvalue weighted by Crippen LogP contribution is -2.54. The lowest BCUT2D eigenvalue weighted by Gasteiger charge is -2.37. The molecule has 3 aliphatic rings. The van der Waals surface area contributed by atoms with Crippen molar-refractivity contribution in [2.24, 2.45) is 11.8 Å². The second kappa shape index (κ2) is 7.32. The molecule has 3 rings (SSSR count). The first-order chi connectivity index (χ1) is 12.0. The highest BCUT2D eigenvalue weighted by Gasteiger charge is 2.55. The summed E-state index contributed by atoms with van der Waals surface area (Å²) in [5.41, 5.74) is -0.717. The third-order valence-electron chi connectivity index (χ3n) is 5.97. The molecule has 1 saturated carbocycles. The van der Waals surface area contributed by atoms with E-state index in [0.29, 0.717) is 13.2 Å². The number of hydrogen-bond acceptors (Lipinski definition) is 5. The number of hydrogen-bond donors (Lipinski definition) is 1. The van der Waals surface area contributed by atoms with E-state index in [0.717, 1.165) is 45.1 Å². The van der Waals surface area contributed by atoms with E-state index in [1.165, 1.54) is 4.90 Å². The van der Waals surface area contributed by atoms with Crippen molar-refractivity contribution in [2.45, 2.75) is 57.9 Å². The smallest absolute Gasteiger partial charge is 0.326 e. The zero-order valence-electron chi connectivity index (χ0n) is 15.3. The summed E-state index contributed by atoms with van der Waals surface area (Å²) in [7, 11) is 0. The number of piperidine rings is 1. The number of carbonyl (C=O) groups excluding carboxylic acids is 3. The number of urea groups is 1. The van der Waals surface area contributed by atoms with Gasteiger partial charge in [0.2, 0.25) is 0 Å². The van der Waals surface area contributed by atoms with Gasteiger partial charge in [0, 0.05) is 6.54 Å². The maximum atomic E-state index is 13.0. The Balaban J connectivity index is 1.65. The van der Waals surface area contributed by atoms with E-state index in [1.807, 2.05) is 4.90 Å². The molecule has 1 spiro atoms. The molecule has 1 N–H and O–H groups in total. The van der Waals surface area contributed by atoms with Gasteiger partial charge in [-0.25, -0.2) is 9.69 Å². The first-order valence-corrected chi connectivity index (χ1v) is 9.51. The molecule has 140 valence electrons. The number of nitrogens with one attached hydrogen (secondary N) is 1. The van der Waals surface area contributed by atoms with Crippen LogP contribution in [0.3, 0.4) is 0 Å². The highest BCUT2D eigenvalue weighted by atomic mass is 16.5. The highest BCUT2D eigenvalue weighted by molar-refractivity contribution is 6.07. The monoisotopic (exact) mass is 351 g/mol. The van der Waals surface area contributed by atoms with Crippen LogP contribution in [0.15, 0.2) is 0 Å². The molecule has 3 amide bonds. The number of amides is 3. The number of carbonyl (C=O) groups is 3. The number of esters is 1. The molecule has 0 aromatic heterocycles. The van der Waals surface area contributed by atoms with Gasteiger partial charge in [0.1, 0.15) is 5.54 Å². The van der Waals surface area contributed by atoms with Crippen molar-refractivity contribution in [1.82, 2.24) is 15.1 Å². The number of rotatable bonds is 4. The molecule has 25 heavy (non-hydrogen) atoms. The van der Waals surface area contributed by atoms with Gasteiger partial charge in [-0.2, -0.15) is 0 Å². The van der Waals surface area contributed by atoms with Crippen molar-refractivity contribution >= 4 is 17.9 Å². The summed E-state index contributed by atoms with van der Waals surface area (Å²) in [5, 5.41) is 2.98. The summed E-state index contributed by atoms with van der Waals surface area (Å²) in [6.45, 7) is 5.82. The Hall–Kier alpha value is -1.63. The first-order valence-electron chi connectivity index (χ1n) is 9.51. The Morgan fingerprint density at radius 3 is 2.80 bits per heavy atom. The van der Waals surface area contributed by atoms with Gasteiger partial charge in [-0.15, -0.1) is 0 Å². The third kappa shape index (κ3) is 3.38. The second-order valence-corrected chi connectivity index (χ2v) is 7.59. The average molecular weight is 351 g/mol. The molecule has 3 atom stereocenters. The maximum absolute atomic E-state index is 13.0.